The predicted molar refractivity (Wildman–Crippen MR) is 79.7 cm³/mol. The second-order valence-electron chi connectivity index (χ2n) is 5.86. The number of nitrogens with zero attached hydrogens (tertiary/aromatic N) is 3. The highest BCUT2D eigenvalue weighted by molar-refractivity contribution is 6.33. The van der Waals surface area contributed by atoms with Gasteiger partial charge in [-0.25, -0.2) is 4.68 Å². The Kier molecular flexibility index (Phi) is 4.25. The fraction of sp³-hybridized carbons (Fsp3) is 0.615. The first-order valence-corrected chi connectivity index (χ1v) is 7.15. The lowest BCUT2D eigenvalue weighted by molar-refractivity contribution is -0.142. The predicted octanol–water partition coefficient (Wildman–Crippen LogP) is 0.545. The van der Waals surface area contributed by atoms with E-state index in [1.54, 1.807) is 4.90 Å². The van der Waals surface area contributed by atoms with E-state index < -0.39 is 11.5 Å². The summed E-state index contributed by atoms with van der Waals surface area (Å²) in [6, 6.07) is 0. The first-order chi connectivity index (χ1) is 9.74. The Morgan fingerprint density at radius 1 is 1.62 bits per heavy atom. The van der Waals surface area contributed by atoms with Gasteiger partial charge in [0, 0.05) is 19.6 Å². The standard InChI is InChI=1S/C13H19ClN4O3/c1-8(2)6-18-11(19)10(14)9(5-16-18)17-4-3-13(15,7-17)12(20)21/h5,8H,3-4,6-7,15H2,1-2H3,(H,20,21). The van der Waals surface area contributed by atoms with E-state index >= 15 is 0 Å². The van der Waals surface area contributed by atoms with Crippen LogP contribution in [0.2, 0.25) is 5.02 Å². The molecule has 1 aliphatic rings. The van der Waals surface area contributed by atoms with E-state index in [9.17, 15) is 9.59 Å². The van der Waals surface area contributed by atoms with Crippen molar-refractivity contribution in [2.24, 2.45) is 11.7 Å². The SMILES string of the molecule is CC(C)Cn1ncc(N2CCC(N)(C(=O)O)C2)c(Cl)c1=O. The van der Waals surface area contributed by atoms with E-state index in [1.165, 1.54) is 10.9 Å². The summed E-state index contributed by atoms with van der Waals surface area (Å²) in [4.78, 5) is 25.0. The van der Waals surface area contributed by atoms with Crippen molar-refractivity contribution in [1.29, 1.82) is 0 Å². The van der Waals surface area contributed by atoms with E-state index in [2.05, 4.69) is 5.10 Å². The summed E-state index contributed by atoms with van der Waals surface area (Å²) in [5, 5.41) is 13.3. The summed E-state index contributed by atoms with van der Waals surface area (Å²) in [6.45, 7) is 4.97. The summed E-state index contributed by atoms with van der Waals surface area (Å²) < 4.78 is 1.32. The van der Waals surface area contributed by atoms with Gasteiger partial charge in [0.15, 0.2) is 0 Å². The van der Waals surface area contributed by atoms with Gasteiger partial charge < -0.3 is 15.7 Å². The zero-order valence-corrected chi connectivity index (χ0v) is 12.8. The number of carboxylic acids is 1. The molecule has 0 aliphatic carbocycles. The lowest BCUT2D eigenvalue weighted by Gasteiger charge is -2.22. The van der Waals surface area contributed by atoms with Crippen molar-refractivity contribution in [3.05, 3.63) is 21.6 Å². The Balaban J connectivity index is 2.29. The average molecular weight is 315 g/mol. The molecule has 0 aromatic carbocycles. The summed E-state index contributed by atoms with van der Waals surface area (Å²) in [5.74, 6) is -0.783. The van der Waals surface area contributed by atoms with Gasteiger partial charge in [0.25, 0.3) is 5.56 Å². The Hall–Kier alpha value is -1.60. The number of carbonyl (C=O) groups is 1. The highest BCUT2D eigenvalue weighted by Gasteiger charge is 2.42. The van der Waals surface area contributed by atoms with Crippen LogP contribution < -0.4 is 16.2 Å². The molecule has 3 N–H and O–H groups in total. The number of aliphatic carboxylic acids is 1. The number of hydrogen-bond donors (Lipinski definition) is 2. The molecule has 2 heterocycles. The molecule has 0 saturated carbocycles. The Bertz CT molecular complexity index is 616. The summed E-state index contributed by atoms with van der Waals surface area (Å²) in [7, 11) is 0. The fourth-order valence-corrected chi connectivity index (χ4v) is 2.63. The fourth-order valence-electron chi connectivity index (χ4n) is 2.37. The molecule has 1 fully saturated rings. The molecule has 2 rings (SSSR count). The van der Waals surface area contributed by atoms with Crippen LogP contribution in [0.4, 0.5) is 5.69 Å². The minimum Gasteiger partial charge on any atom is -0.480 e. The van der Waals surface area contributed by atoms with Crippen LogP contribution in [-0.2, 0) is 11.3 Å². The number of halogens is 1. The number of aromatic nitrogens is 2. The van der Waals surface area contributed by atoms with Gasteiger partial charge >= 0.3 is 5.97 Å². The third kappa shape index (κ3) is 3.03. The van der Waals surface area contributed by atoms with Crippen LogP contribution in [0.25, 0.3) is 0 Å². The molecule has 0 radical (unpaired) electrons. The molecule has 116 valence electrons. The topological polar surface area (TPSA) is 101 Å². The molecular weight excluding hydrogens is 296 g/mol. The van der Waals surface area contributed by atoms with Gasteiger partial charge in [-0.1, -0.05) is 25.4 Å². The van der Waals surface area contributed by atoms with Gasteiger partial charge in [-0.05, 0) is 12.3 Å². The summed E-state index contributed by atoms with van der Waals surface area (Å²) in [6.07, 6.45) is 1.80. The lowest BCUT2D eigenvalue weighted by atomic mass is 10.0. The van der Waals surface area contributed by atoms with Crippen molar-refractivity contribution >= 4 is 23.3 Å². The monoisotopic (exact) mass is 314 g/mol. The van der Waals surface area contributed by atoms with Crippen LogP contribution in [0.3, 0.4) is 0 Å². The summed E-state index contributed by atoms with van der Waals surface area (Å²) in [5.41, 5.74) is 4.59. The Labute approximate surface area is 127 Å². The van der Waals surface area contributed by atoms with E-state index in [1.807, 2.05) is 13.8 Å². The highest BCUT2D eigenvalue weighted by atomic mass is 35.5. The number of nitrogens with two attached hydrogens (primary N) is 1. The van der Waals surface area contributed by atoms with E-state index in [0.29, 0.717) is 25.2 Å². The highest BCUT2D eigenvalue weighted by Crippen LogP contribution is 2.28. The van der Waals surface area contributed by atoms with Crippen LogP contribution in [-0.4, -0.2) is 39.5 Å². The van der Waals surface area contributed by atoms with Crippen LogP contribution in [0.1, 0.15) is 20.3 Å². The van der Waals surface area contributed by atoms with Crippen molar-refractivity contribution in [3.8, 4) is 0 Å². The molecule has 0 bridgehead atoms. The second-order valence-corrected chi connectivity index (χ2v) is 6.24. The average Bonchev–Trinajstić information content (AvgIpc) is 2.79. The molecule has 1 aromatic heterocycles. The molecule has 7 nitrogen and oxygen atoms in total. The molecule has 1 aromatic rings. The maximum absolute atomic E-state index is 12.2. The van der Waals surface area contributed by atoms with Gasteiger partial charge in [0.1, 0.15) is 10.6 Å². The van der Waals surface area contributed by atoms with Crippen molar-refractivity contribution in [3.63, 3.8) is 0 Å². The van der Waals surface area contributed by atoms with Crippen LogP contribution in [0, 0.1) is 5.92 Å². The van der Waals surface area contributed by atoms with Crippen LogP contribution >= 0.6 is 11.6 Å². The smallest absolute Gasteiger partial charge is 0.325 e. The second kappa shape index (κ2) is 5.65. The zero-order valence-electron chi connectivity index (χ0n) is 12.0. The van der Waals surface area contributed by atoms with Gasteiger partial charge in [-0.15, -0.1) is 0 Å². The van der Waals surface area contributed by atoms with Gasteiger partial charge in [0.05, 0.1) is 11.9 Å². The Morgan fingerprint density at radius 3 is 2.81 bits per heavy atom. The molecule has 1 aliphatic heterocycles. The molecule has 21 heavy (non-hydrogen) atoms. The minimum atomic E-state index is -1.31. The molecule has 8 heteroatoms. The number of anilines is 1. The van der Waals surface area contributed by atoms with Gasteiger partial charge in [-0.3, -0.25) is 9.59 Å². The normalized spacial score (nSPS) is 22.0. The molecular formula is C13H19ClN4O3. The summed E-state index contributed by atoms with van der Waals surface area (Å²) >= 11 is 6.13. The third-order valence-electron chi connectivity index (χ3n) is 3.57. The molecule has 1 unspecified atom stereocenters. The van der Waals surface area contributed by atoms with E-state index in [0.717, 1.165) is 0 Å². The maximum atomic E-state index is 12.2. The molecule has 0 spiro atoms. The first-order valence-electron chi connectivity index (χ1n) is 6.77. The number of hydrogen-bond acceptors (Lipinski definition) is 5. The van der Waals surface area contributed by atoms with Crippen molar-refractivity contribution in [1.82, 2.24) is 9.78 Å². The maximum Gasteiger partial charge on any atom is 0.325 e. The number of rotatable bonds is 4. The van der Waals surface area contributed by atoms with Crippen LogP contribution in [0.15, 0.2) is 11.0 Å². The zero-order chi connectivity index (χ0) is 15.8. The van der Waals surface area contributed by atoms with Crippen molar-refractivity contribution in [2.45, 2.75) is 32.4 Å². The Morgan fingerprint density at radius 2 is 2.29 bits per heavy atom. The van der Waals surface area contributed by atoms with Gasteiger partial charge in [-0.2, -0.15) is 5.10 Å². The van der Waals surface area contributed by atoms with Crippen molar-refractivity contribution < 1.29 is 9.90 Å². The van der Waals surface area contributed by atoms with Crippen molar-refractivity contribution in [2.75, 3.05) is 18.0 Å². The van der Waals surface area contributed by atoms with E-state index in [4.69, 9.17) is 22.4 Å². The van der Waals surface area contributed by atoms with Crippen LogP contribution in [0.5, 0.6) is 0 Å². The molecule has 1 saturated heterocycles. The minimum absolute atomic E-state index is 0.0558. The van der Waals surface area contributed by atoms with Gasteiger partial charge in [0.2, 0.25) is 0 Å². The first kappa shape index (κ1) is 15.8. The molecule has 0 amide bonds. The van der Waals surface area contributed by atoms with E-state index in [-0.39, 0.29) is 23.0 Å². The largest absolute Gasteiger partial charge is 0.480 e. The number of carboxylic acid groups (broad SMARTS) is 1. The molecule has 1 atom stereocenters. The third-order valence-corrected chi connectivity index (χ3v) is 3.93. The lowest BCUT2D eigenvalue weighted by Crippen LogP contribution is -2.50. The quantitative estimate of drug-likeness (QED) is 0.841.